The molecule has 0 N–H and O–H groups in total. The molecule has 1 aromatic heterocycles. The molecule has 0 spiro atoms. The summed E-state index contributed by atoms with van der Waals surface area (Å²) in [5.41, 5.74) is 2.09. The van der Waals surface area contributed by atoms with E-state index in [2.05, 4.69) is 5.16 Å². The van der Waals surface area contributed by atoms with E-state index in [-0.39, 0.29) is 17.3 Å². The van der Waals surface area contributed by atoms with Crippen molar-refractivity contribution in [3.63, 3.8) is 0 Å². The first-order chi connectivity index (χ1) is 12.9. The molecule has 0 radical (unpaired) electrons. The van der Waals surface area contributed by atoms with Crippen LogP contribution in [0.5, 0.6) is 0 Å². The zero-order chi connectivity index (χ0) is 19.2. The molecule has 27 heavy (non-hydrogen) atoms. The van der Waals surface area contributed by atoms with Crippen LogP contribution in [0.3, 0.4) is 0 Å². The fourth-order valence-corrected chi connectivity index (χ4v) is 3.69. The van der Waals surface area contributed by atoms with Crippen molar-refractivity contribution in [2.75, 3.05) is 6.54 Å². The molecular formula is C20H20FN3O3. The lowest BCUT2D eigenvalue weighted by molar-refractivity contribution is -0.154. The summed E-state index contributed by atoms with van der Waals surface area (Å²) in [6, 6.07) is 7.35. The number of carbonyl (C=O) groups is 1. The fourth-order valence-electron chi connectivity index (χ4n) is 3.69. The van der Waals surface area contributed by atoms with E-state index in [0.717, 1.165) is 16.8 Å². The number of pyridine rings is 1. The lowest BCUT2D eigenvalue weighted by Crippen LogP contribution is -2.49. The summed E-state index contributed by atoms with van der Waals surface area (Å²) in [5, 5.41) is 3.92. The van der Waals surface area contributed by atoms with Crippen molar-refractivity contribution in [2.45, 2.75) is 38.8 Å². The Morgan fingerprint density at radius 1 is 1.26 bits per heavy atom. The molecule has 0 fully saturated rings. The van der Waals surface area contributed by atoms with Gasteiger partial charge in [-0.2, -0.15) is 0 Å². The molecule has 2 aliphatic heterocycles. The van der Waals surface area contributed by atoms with Crippen molar-refractivity contribution in [3.8, 4) is 5.69 Å². The van der Waals surface area contributed by atoms with Crippen LogP contribution >= 0.6 is 0 Å². The van der Waals surface area contributed by atoms with Crippen LogP contribution in [0, 0.1) is 5.82 Å². The molecular weight excluding hydrogens is 349 g/mol. The van der Waals surface area contributed by atoms with Crippen LogP contribution in [0.15, 0.2) is 46.5 Å². The number of benzene rings is 1. The maximum atomic E-state index is 13.2. The molecule has 1 atom stereocenters. The van der Waals surface area contributed by atoms with Crippen LogP contribution in [-0.4, -0.2) is 33.2 Å². The average Bonchev–Trinajstić information content (AvgIpc) is 3.01. The Labute approximate surface area is 155 Å². The van der Waals surface area contributed by atoms with Gasteiger partial charge in [0.05, 0.1) is 5.71 Å². The fraction of sp³-hybridized carbons (Fsp3) is 0.350. The van der Waals surface area contributed by atoms with Gasteiger partial charge in [-0.15, -0.1) is 0 Å². The number of rotatable bonds is 2. The molecule has 0 saturated carbocycles. The lowest BCUT2D eigenvalue weighted by Gasteiger charge is -2.33. The Hall–Kier alpha value is -2.96. The van der Waals surface area contributed by atoms with Crippen molar-refractivity contribution < 1.29 is 14.0 Å². The summed E-state index contributed by atoms with van der Waals surface area (Å²) in [6.45, 7) is 4.52. The van der Waals surface area contributed by atoms with E-state index >= 15 is 0 Å². The van der Waals surface area contributed by atoms with Crippen molar-refractivity contribution >= 4 is 11.6 Å². The maximum Gasteiger partial charge on any atom is 0.270 e. The van der Waals surface area contributed by atoms with Crippen molar-refractivity contribution in [3.05, 3.63) is 63.8 Å². The molecule has 2 aliphatic rings. The molecule has 0 saturated heterocycles. The highest BCUT2D eigenvalue weighted by atomic mass is 19.1. The first-order valence-electron chi connectivity index (χ1n) is 8.87. The van der Waals surface area contributed by atoms with Crippen molar-refractivity contribution in [1.29, 1.82) is 0 Å². The Bertz CT molecular complexity index is 997. The third kappa shape index (κ3) is 3.13. The van der Waals surface area contributed by atoms with Gasteiger partial charge in [0.2, 0.25) is 5.60 Å². The van der Waals surface area contributed by atoms with Crippen molar-refractivity contribution in [1.82, 2.24) is 9.47 Å². The van der Waals surface area contributed by atoms with Gasteiger partial charge in [-0.3, -0.25) is 14.2 Å². The van der Waals surface area contributed by atoms with Crippen LogP contribution in [0.25, 0.3) is 5.69 Å². The van der Waals surface area contributed by atoms with Crippen LogP contribution in [0.1, 0.15) is 31.4 Å². The third-order valence-electron chi connectivity index (χ3n) is 5.09. The quantitative estimate of drug-likeness (QED) is 0.817. The largest absolute Gasteiger partial charge is 0.379 e. The summed E-state index contributed by atoms with van der Waals surface area (Å²) >= 11 is 0. The Balaban J connectivity index is 1.62. The van der Waals surface area contributed by atoms with Gasteiger partial charge >= 0.3 is 0 Å². The number of amides is 1. The summed E-state index contributed by atoms with van der Waals surface area (Å²) < 4.78 is 14.7. The minimum absolute atomic E-state index is 0.103. The Morgan fingerprint density at radius 2 is 2.00 bits per heavy atom. The number of hydrogen-bond donors (Lipinski definition) is 0. The standard InChI is InChI=1S/C20H20FN3O3/c1-13-10-20(2,27-22-13)19(26)23-8-7-14-9-18(25)24(12-15(14)11-23)17-5-3-16(21)4-6-17/h3-6,9,12H,7-8,10-11H2,1-2H3. The number of hydrogen-bond acceptors (Lipinski definition) is 4. The molecule has 1 aromatic carbocycles. The number of aromatic nitrogens is 1. The highest BCUT2D eigenvalue weighted by Gasteiger charge is 2.44. The van der Waals surface area contributed by atoms with Crippen LogP contribution < -0.4 is 5.56 Å². The summed E-state index contributed by atoms with van der Waals surface area (Å²) in [7, 11) is 0. The predicted octanol–water partition coefficient (Wildman–Crippen LogP) is 2.42. The molecule has 3 heterocycles. The number of oxime groups is 1. The molecule has 6 nitrogen and oxygen atoms in total. The number of nitrogens with zero attached hydrogens (tertiary/aromatic N) is 3. The Morgan fingerprint density at radius 3 is 2.67 bits per heavy atom. The van der Waals surface area contributed by atoms with E-state index in [4.69, 9.17) is 4.84 Å². The molecule has 1 amide bonds. The predicted molar refractivity (Wildman–Crippen MR) is 98.3 cm³/mol. The molecule has 2 aromatic rings. The molecule has 0 bridgehead atoms. The zero-order valence-corrected chi connectivity index (χ0v) is 15.2. The van der Waals surface area contributed by atoms with E-state index in [1.807, 2.05) is 6.92 Å². The smallest absolute Gasteiger partial charge is 0.270 e. The lowest BCUT2D eigenvalue weighted by atomic mass is 9.95. The minimum atomic E-state index is -0.965. The number of carbonyl (C=O) groups excluding carboxylic acids is 1. The number of fused-ring (bicyclic) bond motifs is 1. The summed E-state index contributed by atoms with van der Waals surface area (Å²) in [6.07, 6.45) is 2.82. The molecule has 1 unspecified atom stereocenters. The second-order valence-electron chi connectivity index (χ2n) is 7.31. The molecule has 7 heteroatoms. The number of halogens is 1. The van der Waals surface area contributed by atoms with Gasteiger partial charge < -0.3 is 9.74 Å². The SMILES string of the molecule is CC1=NOC(C)(C(=O)N2CCc3cc(=O)n(-c4ccc(F)cc4)cc3C2)C1. The molecule has 0 aliphatic carbocycles. The van der Waals surface area contributed by atoms with Gasteiger partial charge in [0, 0.05) is 37.5 Å². The first-order valence-corrected chi connectivity index (χ1v) is 8.87. The molecule has 4 rings (SSSR count). The maximum absolute atomic E-state index is 13.2. The van der Waals surface area contributed by atoms with Gasteiger partial charge in [-0.1, -0.05) is 5.16 Å². The highest BCUT2D eigenvalue weighted by molar-refractivity contribution is 5.94. The normalized spacial score (nSPS) is 21.4. The van der Waals surface area contributed by atoms with Gasteiger partial charge in [-0.25, -0.2) is 4.39 Å². The van der Waals surface area contributed by atoms with E-state index in [9.17, 15) is 14.0 Å². The third-order valence-corrected chi connectivity index (χ3v) is 5.09. The van der Waals surface area contributed by atoms with Gasteiger partial charge in [-0.05, 0) is 55.7 Å². The minimum Gasteiger partial charge on any atom is -0.379 e. The van der Waals surface area contributed by atoms with E-state index in [1.54, 1.807) is 36.2 Å². The molecule has 140 valence electrons. The Kier molecular flexibility index (Phi) is 4.09. The topological polar surface area (TPSA) is 63.9 Å². The van der Waals surface area contributed by atoms with Gasteiger partial charge in [0.1, 0.15) is 5.82 Å². The van der Waals surface area contributed by atoms with Crippen LogP contribution in [-0.2, 0) is 22.6 Å². The summed E-state index contributed by atoms with van der Waals surface area (Å²) in [4.78, 5) is 32.5. The van der Waals surface area contributed by atoms with E-state index in [0.29, 0.717) is 31.6 Å². The van der Waals surface area contributed by atoms with Gasteiger partial charge in [0.15, 0.2) is 0 Å². The second-order valence-corrected chi connectivity index (χ2v) is 7.31. The second kappa shape index (κ2) is 6.33. The summed E-state index contributed by atoms with van der Waals surface area (Å²) in [5.74, 6) is -0.461. The monoisotopic (exact) mass is 369 g/mol. The average molecular weight is 369 g/mol. The van der Waals surface area contributed by atoms with Crippen LogP contribution in [0.4, 0.5) is 4.39 Å². The van der Waals surface area contributed by atoms with Crippen LogP contribution in [0.2, 0.25) is 0 Å². The highest BCUT2D eigenvalue weighted by Crippen LogP contribution is 2.28. The van der Waals surface area contributed by atoms with E-state index in [1.165, 1.54) is 16.7 Å². The van der Waals surface area contributed by atoms with Crippen molar-refractivity contribution in [2.24, 2.45) is 5.16 Å². The first kappa shape index (κ1) is 17.5. The van der Waals surface area contributed by atoms with E-state index < -0.39 is 5.60 Å². The zero-order valence-electron chi connectivity index (χ0n) is 15.2. The van der Waals surface area contributed by atoms with Gasteiger partial charge in [0.25, 0.3) is 11.5 Å².